The maximum Gasteiger partial charge on any atom is 0.0674 e. The number of nitrogens with two attached hydrogens (primary N) is 1. The molecule has 0 radical (unpaired) electrons. The van der Waals surface area contributed by atoms with Crippen LogP contribution in [0.25, 0.3) is 0 Å². The molecule has 1 aliphatic rings. The van der Waals surface area contributed by atoms with Crippen LogP contribution in [0.1, 0.15) is 24.8 Å². The van der Waals surface area contributed by atoms with Gasteiger partial charge in [-0.25, -0.2) is 0 Å². The average Bonchev–Trinajstić information content (AvgIpc) is 2.71. The first-order chi connectivity index (χ1) is 7.68. The number of ether oxygens (including phenoxy) is 1. The zero-order valence-electron chi connectivity index (χ0n) is 9.93. The molecule has 3 nitrogen and oxygen atoms in total. The van der Waals surface area contributed by atoms with E-state index in [1.807, 2.05) is 0 Å². The van der Waals surface area contributed by atoms with E-state index in [1.54, 1.807) is 11.3 Å². The Morgan fingerprint density at radius 3 is 3.00 bits per heavy atom. The van der Waals surface area contributed by atoms with Crippen molar-refractivity contribution in [1.29, 1.82) is 0 Å². The molecule has 3 unspecified atom stereocenters. The highest BCUT2D eigenvalue weighted by Gasteiger charge is 2.28. The third kappa shape index (κ3) is 2.63. The molecule has 16 heavy (non-hydrogen) atoms. The van der Waals surface area contributed by atoms with Gasteiger partial charge in [-0.1, -0.05) is 6.07 Å². The minimum absolute atomic E-state index is 0.156. The molecule has 2 heterocycles. The van der Waals surface area contributed by atoms with Crippen LogP contribution < -0.4 is 5.73 Å². The summed E-state index contributed by atoms with van der Waals surface area (Å²) in [5.74, 6) is 0. The van der Waals surface area contributed by atoms with Gasteiger partial charge in [0.25, 0.3) is 0 Å². The Balaban J connectivity index is 2.13. The molecule has 2 N–H and O–H groups in total. The molecule has 4 heteroatoms. The molecule has 1 fully saturated rings. The van der Waals surface area contributed by atoms with E-state index in [2.05, 4.69) is 36.3 Å². The van der Waals surface area contributed by atoms with Crippen LogP contribution in [-0.2, 0) is 4.74 Å². The fraction of sp³-hybridized carbons (Fsp3) is 0.667. The van der Waals surface area contributed by atoms with E-state index in [9.17, 15) is 0 Å². The van der Waals surface area contributed by atoms with E-state index in [4.69, 9.17) is 10.5 Å². The summed E-state index contributed by atoms with van der Waals surface area (Å²) in [4.78, 5) is 3.81. The van der Waals surface area contributed by atoms with Crippen molar-refractivity contribution < 1.29 is 4.74 Å². The molecule has 3 atom stereocenters. The zero-order valence-corrected chi connectivity index (χ0v) is 10.7. The van der Waals surface area contributed by atoms with Crippen LogP contribution >= 0.6 is 11.3 Å². The molecule has 1 aromatic rings. The second-order valence-electron chi connectivity index (χ2n) is 4.50. The lowest BCUT2D eigenvalue weighted by molar-refractivity contribution is -0.0370. The Bertz CT molecular complexity index is 313. The molecule has 1 saturated heterocycles. The zero-order chi connectivity index (χ0) is 11.5. The Labute approximate surface area is 101 Å². The minimum atomic E-state index is 0.156. The summed E-state index contributed by atoms with van der Waals surface area (Å²) < 4.78 is 5.58. The molecule has 0 aliphatic carbocycles. The third-order valence-corrected chi connectivity index (χ3v) is 3.94. The molecule has 0 bridgehead atoms. The van der Waals surface area contributed by atoms with E-state index >= 15 is 0 Å². The maximum absolute atomic E-state index is 6.13. The molecule has 0 saturated carbocycles. The predicted molar refractivity (Wildman–Crippen MR) is 67.7 cm³/mol. The van der Waals surface area contributed by atoms with Crippen molar-refractivity contribution in [2.24, 2.45) is 5.73 Å². The number of nitrogens with zero attached hydrogens (tertiary/aromatic N) is 1. The lowest BCUT2D eigenvalue weighted by Crippen LogP contribution is -2.47. The van der Waals surface area contributed by atoms with Gasteiger partial charge in [-0.3, -0.25) is 4.90 Å². The summed E-state index contributed by atoms with van der Waals surface area (Å²) in [6, 6.07) is 4.77. The van der Waals surface area contributed by atoms with Crippen LogP contribution in [0, 0.1) is 0 Å². The smallest absolute Gasteiger partial charge is 0.0674 e. The van der Waals surface area contributed by atoms with Crippen LogP contribution in [0.15, 0.2) is 17.5 Å². The fourth-order valence-electron chi connectivity index (χ4n) is 2.33. The van der Waals surface area contributed by atoms with Gasteiger partial charge < -0.3 is 10.5 Å². The van der Waals surface area contributed by atoms with Crippen LogP contribution in [0.4, 0.5) is 0 Å². The van der Waals surface area contributed by atoms with E-state index in [0.717, 1.165) is 19.7 Å². The summed E-state index contributed by atoms with van der Waals surface area (Å²) >= 11 is 1.79. The summed E-state index contributed by atoms with van der Waals surface area (Å²) in [6.07, 6.45) is 0.315. The normalized spacial score (nSPS) is 26.6. The van der Waals surface area contributed by atoms with E-state index in [-0.39, 0.29) is 6.04 Å². The van der Waals surface area contributed by atoms with E-state index in [1.165, 1.54) is 4.88 Å². The van der Waals surface area contributed by atoms with Crippen molar-refractivity contribution in [2.75, 3.05) is 19.7 Å². The molecular weight excluding hydrogens is 220 g/mol. The Morgan fingerprint density at radius 2 is 2.44 bits per heavy atom. The van der Waals surface area contributed by atoms with Crippen molar-refractivity contribution >= 4 is 11.3 Å². The molecule has 1 aliphatic heterocycles. The SMILES string of the molecule is CC1CN(C(c2cccs2)C(C)N)CCO1. The predicted octanol–water partition coefficient (Wildman–Crippen LogP) is 1.86. The van der Waals surface area contributed by atoms with Crippen LogP contribution in [-0.4, -0.2) is 36.7 Å². The van der Waals surface area contributed by atoms with Gasteiger partial charge >= 0.3 is 0 Å². The van der Waals surface area contributed by atoms with Crippen molar-refractivity contribution in [1.82, 2.24) is 4.90 Å². The van der Waals surface area contributed by atoms with Crippen molar-refractivity contribution in [2.45, 2.75) is 32.0 Å². The van der Waals surface area contributed by atoms with Crippen molar-refractivity contribution in [3.8, 4) is 0 Å². The average molecular weight is 240 g/mol. The molecule has 1 aromatic heterocycles. The highest BCUT2D eigenvalue weighted by Crippen LogP contribution is 2.28. The second kappa shape index (κ2) is 5.27. The first kappa shape index (κ1) is 12.0. The van der Waals surface area contributed by atoms with E-state index < -0.39 is 0 Å². The number of rotatable bonds is 3. The molecule has 2 rings (SSSR count). The highest BCUT2D eigenvalue weighted by atomic mass is 32.1. The van der Waals surface area contributed by atoms with Gasteiger partial charge in [-0.2, -0.15) is 0 Å². The first-order valence-corrected chi connectivity index (χ1v) is 6.71. The molecule has 0 amide bonds. The molecule has 90 valence electrons. The maximum atomic E-state index is 6.13. The number of hydrogen-bond donors (Lipinski definition) is 1. The Morgan fingerprint density at radius 1 is 1.62 bits per heavy atom. The second-order valence-corrected chi connectivity index (χ2v) is 5.47. The first-order valence-electron chi connectivity index (χ1n) is 5.83. The largest absolute Gasteiger partial charge is 0.376 e. The van der Waals surface area contributed by atoms with Gasteiger partial charge in [0.15, 0.2) is 0 Å². The number of hydrogen-bond acceptors (Lipinski definition) is 4. The van der Waals surface area contributed by atoms with E-state index in [0.29, 0.717) is 12.1 Å². The fourth-order valence-corrected chi connectivity index (χ4v) is 3.30. The van der Waals surface area contributed by atoms with Gasteiger partial charge in [0, 0.05) is 24.0 Å². The molecule has 0 spiro atoms. The molecule has 0 aromatic carbocycles. The van der Waals surface area contributed by atoms with Crippen LogP contribution in [0.3, 0.4) is 0 Å². The lowest BCUT2D eigenvalue weighted by atomic mass is 10.1. The number of thiophene rings is 1. The minimum Gasteiger partial charge on any atom is -0.376 e. The number of morpholine rings is 1. The Hall–Kier alpha value is -0.420. The van der Waals surface area contributed by atoms with Gasteiger partial charge in [-0.15, -0.1) is 11.3 Å². The van der Waals surface area contributed by atoms with Gasteiger partial charge in [0.2, 0.25) is 0 Å². The van der Waals surface area contributed by atoms with Gasteiger partial charge in [0.1, 0.15) is 0 Å². The third-order valence-electron chi connectivity index (χ3n) is 3.00. The monoisotopic (exact) mass is 240 g/mol. The summed E-state index contributed by atoms with van der Waals surface area (Å²) in [7, 11) is 0. The lowest BCUT2D eigenvalue weighted by Gasteiger charge is -2.38. The van der Waals surface area contributed by atoms with Crippen molar-refractivity contribution in [3.63, 3.8) is 0 Å². The van der Waals surface area contributed by atoms with Gasteiger partial charge in [0.05, 0.1) is 18.8 Å². The summed E-state index contributed by atoms with van der Waals surface area (Å²) in [6.45, 7) is 6.98. The summed E-state index contributed by atoms with van der Waals surface area (Å²) in [5.41, 5.74) is 6.13. The topological polar surface area (TPSA) is 38.5 Å². The van der Waals surface area contributed by atoms with Crippen LogP contribution in [0.2, 0.25) is 0 Å². The van der Waals surface area contributed by atoms with Crippen molar-refractivity contribution in [3.05, 3.63) is 22.4 Å². The van der Waals surface area contributed by atoms with Crippen LogP contribution in [0.5, 0.6) is 0 Å². The molecular formula is C12H20N2OS. The summed E-state index contributed by atoms with van der Waals surface area (Å²) in [5, 5.41) is 2.12. The quantitative estimate of drug-likeness (QED) is 0.876. The standard InChI is InChI=1S/C12H20N2OS/c1-9-8-14(5-6-15-9)12(10(2)13)11-4-3-7-16-11/h3-4,7,9-10,12H,5-6,8,13H2,1-2H3. The van der Waals surface area contributed by atoms with Gasteiger partial charge in [-0.05, 0) is 25.3 Å². The highest BCUT2D eigenvalue weighted by molar-refractivity contribution is 7.10. The Kier molecular flexibility index (Phi) is 3.97.